The molecule has 0 atom stereocenters. The van der Waals surface area contributed by atoms with Crippen molar-refractivity contribution in [2.24, 2.45) is 14.1 Å². The van der Waals surface area contributed by atoms with Gasteiger partial charge in [0.2, 0.25) is 0 Å². The maximum absolute atomic E-state index is 11.5. The van der Waals surface area contributed by atoms with Gasteiger partial charge in [0.25, 0.3) is 0 Å². The molecule has 2 aromatic heterocycles. The number of rotatable bonds is 2. The van der Waals surface area contributed by atoms with E-state index in [9.17, 15) is 4.79 Å². The zero-order chi connectivity index (χ0) is 11.0. The Balaban J connectivity index is 2.34. The predicted molar refractivity (Wildman–Crippen MR) is 52.3 cm³/mol. The third-order valence-electron chi connectivity index (χ3n) is 2.36. The smallest absolute Gasteiger partial charge is 0.317 e. The first-order valence-electron chi connectivity index (χ1n) is 4.53. The Morgan fingerprint density at radius 1 is 1.33 bits per heavy atom. The highest BCUT2D eigenvalue weighted by molar-refractivity contribution is 4.92. The summed E-state index contributed by atoms with van der Waals surface area (Å²) in [5.41, 5.74) is -0.157. The van der Waals surface area contributed by atoms with Crippen LogP contribution < -0.4 is 5.69 Å². The standard InChI is InChI=1S/C8H12N6O/c1-6-10-11-7(13(6)3)4-14-8(15)12(2)5-9-14/h5H,4H2,1-3H3. The fraction of sp³-hybridized carbons (Fsp3) is 0.500. The predicted octanol–water partition coefficient (Wildman–Crippen LogP) is -0.933. The molecule has 2 rings (SSSR count). The minimum Gasteiger partial charge on any atom is -0.317 e. The van der Waals surface area contributed by atoms with Gasteiger partial charge in [-0.15, -0.1) is 10.2 Å². The Labute approximate surface area is 86.0 Å². The maximum Gasteiger partial charge on any atom is 0.345 e. The minimum absolute atomic E-state index is 0.157. The van der Waals surface area contributed by atoms with Gasteiger partial charge < -0.3 is 4.57 Å². The van der Waals surface area contributed by atoms with E-state index in [1.807, 2.05) is 18.5 Å². The molecule has 7 nitrogen and oxygen atoms in total. The van der Waals surface area contributed by atoms with E-state index < -0.39 is 0 Å². The monoisotopic (exact) mass is 208 g/mol. The molecule has 0 saturated heterocycles. The van der Waals surface area contributed by atoms with E-state index in [0.29, 0.717) is 12.4 Å². The number of hydrogen-bond acceptors (Lipinski definition) is 4. The van der Waals surface area contributed by atoms with E-state index in [1.165, 1.54) is 15.6 Å². The molecule has 2 heterocycles. The van der Waals surface area contributed by atoms with Crippen molar-refractivity contribution in [3.63, 3.8) is 0 Å². The van der Waals surface area contributed by atoms with Gasteiger partial charge in [-0.05, 0) is 6.92 Å². The van der Waals surface area contributed by atoms with Crippen LogP contribution in [0.25, 0.3) is 0 Å². The Kier molecular flexibility index (Phi) is 2.14. The van der Waals surface area contributed by atoms with Crippen LogP contribution in [0.2, 0.25) is 0 Å². The molecule has 7 heteroatoms. The number of aromatic nitrogens is 6. The largest absolute Gasteiger partial charge is 0.345 e. The summed E-state index contributed by atoms with van der Waals surface area (Å²) in [5, 5.41) is 11.8. The minimum atomic E-state index is -0.157. The average molecular weight is 208 g/mol. The van der Waals surface area contributed by atoms with Crippen molar-refractivity contribution in [1.82, 2.24) is 29.1 Å². The molecule has 0 spiro atoms. The van der Waals surface area contributed by atoms with Crippen molar-refractivity contribution in [3.05, 3.63) is 28.5 Å². The van der Waals surface area contributed by atoms with Crippen LogP contribution in [0.1, 0.15) is 11.6 Å². The lowest BCUT2D eigenvalue weighted by atomic mass is 10.5. The van der Waals surface area contributed by atoms with Crippen LogP contribution in [0, 0.1) is 6.92 Å². The van der Waals surface area contributed by atoms with E-state index >= 15 is 0 Å². The van der Waals surface area contributed by atoms with Crippen LogP contribution in [0.4, 0.5) is 0 Å². The quantitative estimate of drug-likeness (QED) is 0.639. The summed E-state index contributed by atoms with van der Waals surface area (Å²) >= 11 is 0. The van der Waals surface area contributed by atoms with Crippen molar-refractivity contribution in [2.75, 3.05) is 0 Å². The van der Waals surface area contributed by atoms with Crippen LogP contribution in [-0.2, 0) is 20.6 Å². The van der Waals surface area contributed by atoms with Crippen molar-refractivity contribution in [2.45, 2.75) is 13.5 Å². The number of nitrogens with zero attached hydrogens (tertiary/aromatic N) is 6. The molecule has 2 aromatic rings. The van der Waals surface area contributed by atoms with Crippen LogP contribution in [0.3, 0.4) is 0 Å². The maximum atomic E-state index is 11.5. The Hall–Kier alpha value is -1.92. The second kappa shape index (κ2) is 3.34. The molecule has 0 aromatic carbocycles. The van der Waals surface area contributed by atoms with Gasteiger partial charge in [-0.25, -0.2) is 9.48 Å². The molecule has 0 aliphatic carbocycles. The lowest BCUT2D eigenvalue weighted by Gasteiger charge is -2.00. The first-order valence-corrected chi connectivity index (χ1v) is 4.53. The molecule has 0 radical (unpaired) electrons. The van der Waals surface area contributed by atoms with Crippen molar-refractivity contribution >= 4 is 0 Å². The lowest BCUT2D eigenvalue weighted by molar-refractivity contribution is 0.600. The summed E-state index contributed by atoms with van der Waals surface area (Å²) in [6.07, 6.45) is 1.48. The Morgan fingerprint density at radius 3 is 2.53 bits per heavy atom. The van der Waals surface area contributed by atoms with E-state index in [-0.39, 0.29) is 5.69 Å². The second-order valence-corrected chi connectivity index (χ2v) is 3.40. The third-order valence-corrected chi connectivity index (χ3v) is 2.36. The first-order chi connectivity index (χ1) is 7.09. The first kappa shape index (κ1) is 9.63. The van der Waals surface area contributed by atoms with Crippen LogP contribution in [-0.4, -0.2) is 29.1 Å². The van der Waals surface area contributed by atoms with Crippen molar-refractivity contribution < 1.29 is 0 Å². The molecule has 0 N–H and O–H groups in total. The van der Waals surface area contributed by atoms with Crippen LogP contribution >= 0.6 is 0 Å². The van der Waals surface area contributed by atoms with E-state index in [1.54, 1.807) is 7.05 Å². The zero-order valence-electron chi connectivity index (χ0n) is 8.88. The third kappa shape index (κ3) is 1.56. The fourth-order valence-electron chi connectivity index (χ4n) is 1.25. The van der Waals surface area contributed by atoms with Crippen molar-refractivity contribution in [1.29, 1.82) is 0 Å². The van der Waals surface area contributed by atoms with E-state index in [4.69, 9.17) is 0 Å². The summed E-state index contributed by atoms with van der Waals surface area (Å²) in [5.74, 6) is 1.53. The second-order valence-electron chi connectivity index (χ2n) is 3.40. The molecule has 0 fully saturated rings. The van der Waals surface area contributed by atoms with Gasteiger partial charge in [-0.2, -0.15) is 5.10 Å². The van der Waals surface area contributed by atoms with Gasteiger partial charge in [0.1, 0.15) is 18.7 Å². The SMILES string of the molecule is Cc1nnc(Cn2ncn(C)c2=O)n1C. The molecule has 0 aliphatic rings. The molecule has 0 amide bonds. The zero-order valence-corrected chi connectivity index (χ0v) is 8.88. The molecule has 0 bridgehead atoms. The molecule has 0 unspecified atom stereocenters. The normalized spacial score (nSPS) is 10.9. The Morgan fingerprint density at radius 2 is 2.07 bits per heavy atom. The highest BCUT2D eigenvalue weighted by Crippen LogP contribution is 1.97. The molecular formula is C8H12N6O. The average Bonchev–Trinajstić information content (AvgIpc) is 2.68. The molecular weight excluding hydrogens is 196 g/mol. The molecule has 15 heavy (non-hydrogen) atoms. The highest BCUT2D eigenvalue weighted by atomic mass is 16.2. The van der Waals surface area contributed by atoms with Crippen molar-refractivity contribution in [3.8, 4) is 0 Å². The van der Waals surface area contributed by atoms with Gasteiger partial charge in [-0.3, -0.25) is 4.57 Å². The Bertz CT molecular complexity index is 534. The molecule has 0 aliphatic heterocycles. The van der Waals surface area contributed by atoms with E-state index in [2.05, 4.69) is 15.3 Å². The summed E-state index contributed by atoms with van der Waals surface area (Å²) in [4.78, 5) is 11.5. The molecule has 80 valence electrons. The molecule has 0 saturated carbocycles. The van der Waals surface area contributed by atoms with Gasteiger partial charge >= 0.3 is 5.69 Å². The summed E-state index contributed by atoms with van der Waals surface area (Å²) in [6.45, 7) is 2.20. The summed E-state index contributed by atoms with van der Waals surface area (Å²) in [6, 6.07) is 0. The van der Waals surface area contributed by atoms with Gasteiger partial charge in [0.15, 0.2) is 5.82 Å². The van der Waals surface area contributed by atoms with Crippen LogP contribution in [0.5, 0.6) is 0 Å². The summed E-state index contributed by atoms with van der Waals surface area (Å²) in [7, 11) is 3.52. The van der Waals surface area contributed by atoms with Gasteiger partial charge in [0.05, 0.1) is 0 Å². The number of hydrogen-bond donors (Lipinski definition) is 0. The van der Waals surface area contributed by atoms with E-state index in [0.717, 1.165) is 5.82 Å². The van der Waals surface area contributed by atoms with Gasteiger partial charge in [0, 0.05) is 14.1 Å². The van der Waals surface area contributed by atoms with Crippen LogP contribution in [0.15, 0.2) is 11.1 Å². The lowest BCUT2D eigenvalue weighted by Crippen LogP contribution is -2.24. The fourth-order valence-corrected chi connectivity index (χ4v) is 1.25. The highest BCUT2D eigenvalue weighted by Gasteiger charge is 2.08. The van der Waals surface area contributed by atoms with Gasteiger partial charge in [-0.1, -0.05) is 0 Å². The number of aryl methyl sites for hydroxylation is 2. The topological polar surface area (TPSA) is 70.5 Å². The summed E-state index contributed by atoms with van der Waals surface area (Å²) < 4.78 is 4.60.